The van der Waals surface area contributed by atoms with E-state index in [1.165, 1.54) is 4.90 Å². The Hall–Kier alpha value is -1.98. The molecule has 1 atom stereocenters. The number of nitrogens with zero attached hydrogens (tertiary/aromatic N) is 3. The minimum absolute atomic E-state index is 0.0497. The van der Waals surface area contributed by atoms with Gasteiger partial charge in [0, 0.05) is 23.7 Å². The Morgan fingerprint density at radius 1 is 1.00 bits per heavy atom. The topological polar surface area (TPSA) is 26.8 Å². The van der Waals surface area contributed by atoms with Gasteiger partial charge in [-0.3, -0.25) is 9.91 Å². The van der Waals surface area contributed by atoms with Crippen molar-refractivity contribution in [3.05, 3.63) is 60.2 Å². The average molecular weight is 325 g/mol. The van der Waals surface area contributed by atoms with E-state index in [9.17, 15) is 4.79 Å². The molecular weight excluding hydrogens is 306 g/mol. The number of rotatable bonds is 3. The number of thioether (sulfide) groups is 1. The largest absolute Gasteiger partial charge is 0.340 e. The molecule has 0 radical (unpaired) electrons. The SMILES string of the molecule is CSc1ccc(N2C(=O)N3CCCN3C2c2ccccc2)cc1. The molecular formula is C18H19N3OS. The summed E-state index contributed by atoms with van der Waals surface area (Å²) in [5.41, 5.74) is 2.11. The van der Waals surface area contributed by atoms with E-state index < -0.39 is 0 Å². The van der Waals surface area contributed by atoms with Crippen LogP contribution in [0.25, 0.3) is 0 Å². The number of anilines is 1. The first-order valence-corrected chi connectivity index (χ1v) is 9.08. The number of amides is 2. The third-order valence-corrected chi connectivity index (χ3v) is 5.21. The highest BCUT2D eigenvalue weighted by Gasteiger charge is 2.47. The van der Waals surface area contributed by atoms with Gasteiger partial charge in [0.1, 0.15) is 6.17 Å². The quantitative estimate of drug-likeness (QED) is 0.799. The summed E-state index contributed by atoms with van der Waals surface area (Å²) in [7, 11) is 0. The number of carbonyl (C=O) groups excluding carboxylic acids is 1. The van der Waals surface area contributed by atoms with Gasteiger partial charge in [0.2, 0.25) is 0 Å². The number of hydrazine groups is 1. The first-order chi connectivity index (χ1) is 11.3. The Kier molecular flexibility index (Phi) is 3.75. The second-order valence-electron chi connectivity index (χ2n) is 5.77. The normalized spacial score (nSPS) is 21.1. The average Bonchev–Trinajstić information content (AvgIpc) is 3.18. The lowest BCUT2D eigenvalue weighted by Gasteiger charge is -2.28. The van der Waals surface area contributed by atoms with Crippen LogP contribution in [-0.4, -0.2) is 35.4 Å². The van der Waals surface area contributed by atoms with Crippen molar-refractivity contribution in [2.45, 2.75) is 17.5 Å². The molecule has 2 aromatic carbocycles. The summed E-state index contributed by atoms with van der Waals surface area (Å²) in [6.45, 7) is 1.73. The zero-order valence-electron chi connectivity index (χ0n) is 13.1. The van der Waals surface area contributed by atoms with Gasteiger partial charge in [0.25, 0.3) is 0 Å². The molecule has 0 spiro atoms. The minimum atomic E-state index is -0.0497. The number of hydrogen-bond donors (Lipinski definition) is 0. The lowest BCUT2D eigenvalue weighted by Crippen LogP contribution is -2.32. The van der Waals surface area contributed by atoms with Gasteiger partial charge < -0.3 is 0 Å². The Morgan fingerprint density at radius 3 is 2.43 bits per heavy atom. The highest BCUT2D eigenvalue weighted by atomic mass is 32.2. The maximum atomic E-state index is 12.9. The van der Waals surface area contributed by atoms with Crippen LogP contribution >= 0.6 is 11.8 Å². The van der Waals surface area contributed by atoms with Gasteiger partial charge in [-0.25, -0.2) is 4.79 Å². The van der Waals surface area contributed by atoms with E-state index in [0.717, 1.165) is 30.8 Å². The molecule has 2 amide bonds. The van der Waals surface area contributed by atoms with Crippen LogP contribution in [0.15, 0.2) is 59.5 Å². The summed E-state index contributed by atoms with van der Waals surface area (Å²) in [6.07, 6.45) is 3.05. The molecule has 5 heteroatoms. The van der Waals surface area contributed by atoms with Crippen molar-refractivity contribution in [2.75, 3.05) is 24.2 Å². The predicted octanol–water partition coefficient (Wildman–Crippen LogP) is 3.97. The second kappa shape index (κ2) is 5.91. The summed E-state index contributed by atoms with van der Waals surface area (Å²) in [4.78, 5) is 16.1. The second-order valence-corrected chi connectivity index (χ2v) is 6.65. The van der Waals surface area contributed by atoms with Gasteiger partial charge >= 0.3 is 6.03 Å². The van der Waals surface area contributed by atoms with E-state index in [-0.39, 0.29) is 12.2 Å². The molecule has 2 aliphatic heterocycles. The molecule has 2 saturated heterocycles. The van der Waals surface area contributed by atoms with E-state index in [2.05, 4.69) is 35.5 Å². The number of hydrogen-bond acceptors (Lipinski definition) is 3. The lowest BCUT2D eigenvalue weighted by molar-refractivity contribution is 0.0728. The molecule has 0 saturated carbocycles. The van der Waals surface area contributed by atoms with Crippen molar-refractivity contribution >= 4 is 23.5 Å². The molecule has 4 nitrogen and oxygen atoms in total. The molecule has 118 valence electrons. The van der Waals surface area contributed by atoms with Crippen LogP contribution in [0.4, 0.5) is 10.5 Å². The summed E-state index contributed by atoms with van der Waals surface area (Å²) in [5.74, 6) is 0. The molecule has 0 aliphatic carbocycles. The zero-order chi connectivity index (χ0) is 15.8. The maximum absolute atomic E-state index is 12.9. The Labute approximate surface area is 140 Å². The lowest BCUT2D eigenvalue weighted by atomic mass is 10.1. The number of fused-ring (bicyclic) bond motifs is 1. The molecule has 2 fully saturated rings. The first kappa shape index (κ1) is 14.6. The fourth-order valence-corrected chi connectivity index (χ4v) is 3.80. The van der Waals surface area contributed by atoms with Crippen LogP contribution in [0.3, 0.4) is 0 Å². The van der Waals surface area contributed by atoms with Crippen molar-refractivity contribution in [3.63, 3.8) is 0 Å². The van der Waals surface area contributed by atoms with Gasteiger partial charge in [-0.2, -0.15) is 5.01 Å². The number of carbonyl (C=O) groups is 1. The Morgan fingerprint density at radius 2 is 1.74 bits per heavy atom. The smallest absolute Gasteiger partial charge is 0.271 e. The van der Waals surface area contributed by atoms with Crippen LogP contribution in [-0.2, 0) is 0 Å². The molecule has 0 bridgehead atoms. The van der Waals surface area contributed by atoms with E-state index in [1.807, 2.05) is 40.2 Å². The van der Waals surface area contributed by atoms with Gasteiger partial charge in [-0.15, -0.1) is 11.8 Å². The standard InChI is InChI=1S/C18H19N3OS/c1-23-16-10-8-15(9-11-16)21-17(14-6-3-2-4-7-14)19-12-5-13-20(19)18(21)22/h2-4,6-11,17H,5,12-13H2,1H3. The summed E-state index contributed by atoms with van der Waals surface area (Å²) < 4.78 is 0. The highest BCUT2D eigenvalue weighted by Crippen LogP contribution is 2.40. The van der Waals surface area contributed by atoms with Crippen molar-refractivity contribution in [1.29, 1.82) is 0 Å². The van der Waals surface area contributed by atoms with Gasteiger partial charge in [-0.1, -0.05) is 30.3 Å². The maximum Gasteiger partial charge on any atom is 0.340 e. The van der Waals surface area contributed by atoms with Crippen LogP contribution in [0, 0.1) is 0 Å². The third kappa shape index (κ3) is 2.40. The van der Waals surface area contributed by atoms with E-state index in [1.54, 1.807) is 11.8 Å². The number of urea groups is 1. The van der Waals surface area contributed by atoms with Crippen LogP contribution in [0.5, 0.6) is 0 Å². The fraction of sp³-hybridized carbons (Fsp3) is 0.278. The van der Waals surface area contributed by atoms with Crippen LogP contribution in [0.1, 0.15) is 18.2 Å². The number of benzene rings is 2. The predicted molar refractivity (Wildman–Crippen MR) is 93.3 cm³/mol. The van der Waals surface area contributed by atoms with Crippen LogP contribution < -0.4 is 4.90 Å². The van der Waals surface area contributed by atoms with E-state index >= 15 is 0 Å². The van der Waals surface area contributed by atoms with Crippen molar-refractivity contribution in [1.82, 2.24) is 10.0 Å². The molecule has 4 rings (SSSR count). The monoisotopic (exact) mass is 325 g/mol. The van der Waals surface area contributed by atoms with Gasteiger partial charge in [-0.05, 0) is 42.5 Å². The fourth-order valence-electron chi connectivity index (χ4n) is 3.39. The van der Waals surface area contributed by atoms with Crippen molar-refractivity contribution in [2.24, 2.45) is 0 Å². The third-order valence-electron chi connectivity index (χ3n) is 4.47. The van der Waals surface area contributed by atoms with Crippen molar-refractivity contribution < 1.29 is 4.79 Å². The van der Waals surface area contributed by atoms with E-state index in [4.69, 9.17) is 0 Å². The molecule has 0 aromatic heterocycles. The van der Waals surface area contributed by atoms with Crippen LogP contribution in [0.2, 0.25) is 0 Å². The van der Waals surface area contributed by atoms with Gasteiger partial charge in [0.15, 0.2) is 0 Å². The summed E-state index contributed by atoms with van der Waals surface area (Å²) in [5, 5.41) is 4.08. The summed E-state index contributed by atoms with van der Waals surface area (Å²) in [6, 6.07) is 18.6. The highest BCUT2D eigenvalue weighted by molar-refractivity contribution is 7.98. The van der Waals surface area contributed by atoms with Crippen molar-refractivity contribution in [3.8, 4) is 0 Å². The molecule has 2 aliphatic rings. The minimum Gasteiger partial charge on any atom is -0.271 e. The Bertz CT molecular complexity index is 704. The molecule has 0 N–H and O–H groups in total. The van der Waals surface area contributed by atoms with E-state index in [0.29, 0.717) is 0 Å². The molecule has 2 heterocycles. The molecule has 1 unspecified atom stereocenters. The summed E-state index contributed by atoms with van der Waals surface area (Å²) >= 11 is 1.71. The zero-order valence-corrected chi connectivity index (χ0v) is 13.9. The Balaban J connectivity index is 1.77. The molecule has 2 aromatic rings. The molecule has 23 heavy (non-hydrogen) atoms. The van der Waals surface area contributed by atoms with Gasteiger partial charge in [0.05, 0.1) is 0 Å². The first-order valence-electron chi connectivity index (χ1n) is 7.86.